The van der Waals surface area contributed by atoms with E-state index in [1.807, 2.05) is 11.8 Å². The van der Waals surface area contributed by atoms with Gasteiger partial charge in [-0.2, -0.15) is 0 Å². The molecule has 1 amide bonds. The maximum atomic E-state index is 11.6. The molecule has 1 aliphatic carbocycles. The van der Waals surface area contributed by atoms with Gasteiger partial charge in [0, 0.05) is 19.1 Å². The number of amides is 1. The highest BCUT2D eigenvalue weighted by molar-refractivity contribution is 5.68. The molecule has 17 heavy (non-hydrogen) atoms. The third-order valence-corrected chi connectivity index (χ3v) is 4.01. The first-order valence-electron chi connectivity index (χ1n) is 6.84. The van der Waals surface area contributed by atoms with Crippen LogP contribution in [0.5, 0.6) is 0 Å². The third kappa shape index (κ3) is 2.73. The highest BCUT2D eigenvalue weighted by Crippen LogP contribution is 2.48. The van der Waals surface area contributed by atoms with Crippen LogP contribution in [0.15, 0.2) is 0 Å². The number of hydrogen-bond donors (Lipinski definition) is 1. The van der Waals surface area contributed by atoms with E-state index in [4.69, 9.17) is 4.74 Å². The molecule has 1 heterocycles. The van der Waals surface area contributed by atoms with Gasteiger partial charge in [0.25, 0.3) is 0 Å². The van der Waals surface area contributed by atoms with Crippen molar-refractivity contribution in [2.45, 2.75) is 45.6 Å². The van der Waals surface area contributed by atoms with Crippen molar-refractivity contribution in [1.82, 2.24) is 10.2 Å². The predicted molar refractivity (Wildman–Crippen MR) is 67.0 cm³/mol. The highest BCUT2D eigenvalue weighted by Gasteiger charge is 2.49. The Morgan fingerprint density at radius 2 is 2.24 bits per heavy atom. The van der Waals surface area contributed by atoms with Gasteiger partial charge in [0.2, 0.25) is 0 Å². The third-order valence-electron chi connectivity index (χ3n) is 4.01. The molecule has 0 aromatic rings. The summed E-state index contributed by atoms with van der Waals surface area (Å²) < 4.78 is 5.05. The number of likely N-dealkylation sites (tertiary alicyclic amines) is 1. The molecule has 1 spiro atoms. The summed E-state index contributed by atoms with van der Waals surface area (Å²) >= 11 is 0. The van der Waals surface area contributed by atoms with Gasteiger partial charge in [0.05, 0.1) is 6.61 Å². The van der Waals surface area contributed by atoms with E-state index in [1.165, 1.54) is 19.3 Å². The van der Waals surface area contributed by atoms with Crippen molar-refractivity contribution < 1.29 is 9.53 Å². The lowest BCUT2D eigenvalue weighted by atomic mass is 9.65. The Bertz CT molecular complexity index is 275. The molecule has 0 atom stereocenters. The Morgan fingerprint density at radius 1 is 1.47 bits per heavy atom. The van der Waals surface area contributed by atoms with E-state index in [9.17, 15) is 4.79 Å². The molecule has 0 aromatic heterocycles. The topological polar surface area (TPSA) is 41.6 Å². The van der Waals surface area contributed by atoms with Gasteiger partial charge in [0.1, 0.15) is 0 Å². The molecule has 1 N–H and O–H groups in total. The summed E-state index contributed by atoms with van der Waals surface area (Å²) in [5.41, 5.74) is 0.401. The minimum absolute atomic E-state index is 0.130. The number of nitrogens with one attached hydrogen (secondary N) is 1. The van der Waals surface area contributed by atoms with Gasteiger partial charge in [-0.25, -0.2) is 4.79 Å². The summed E-state index contributed by atoms with van der Waals surface area (Å²) in [6.45, 7) is 7.41. The maximum Gasteiger partial charge on any atom is 0.409 e. The molecule has 0 unspecified atom stereocenters. The largest absolute Gasteiger partial charge is 0.450 e. The van der Waals surface area contributed by atoms with Crippen LogP contribution in [0.2, 0.25) is 0 Å². The average Bonchev–Trinajstić information content (AvgIpc) is 2.70. The summed E-state index contributed by atoms with van der Waals surface area (Å²) in [6.07, 6.45) is 4.66. The lowest BCUT2D eigenvalue weighted by Gasteiger charge is -2.45. The van der Waals surface area contributed by atoms with Crippen molar-refractivity contribution in [2.75, 3.05) is 26.2 Å². The van der Waals surface area contributed by atoms with E-state index in [2.05, 4.69) is 12.2 Å². The second-order valence-electron chi connectivity index (χ2n) is 5.43. The average molecular weight is 240 g/mol. The number of rotatable bonds is 4. The molecule has 1 saturated heterocycles. The zero-order chi connectivity index (χ0) is 12.3. The second kappa shape index (κ2) is 5.25. The number of carbonyl (C=O) groups is 1. The Kier molecular flexibility index (Phi) is 3.92. The van der Waals surface area contributed by atoms with Crippen LogP contribution in [-0.2, 0) is 4.74 Å². The Morgan fingerprint density at radius 3 is 2.88 bits per heavy atom. The number of carbonyl (C=O) groups excluding carboxylic acids is 1. The van der Waals surface area contributed by atoms with Crippen molar-refractivity contribution in [3.8, 4) is 0 Å². The summed E-state index contributed by atoms with van der Waals surface area (Å²) in [4.78, 5) is 13.5. The lowest BCUT2D eigenvalue weighted by molar-refractivity contribution is 0.0768. The first-order chi connectivity index (χ1) is 8.19. The predicted octanol–water partition coefficient (Wildman–Crippen LogP) is 2.00. The van der Waals surface area contributed by atoms with Crippen LogP contribution >= 0.6 is 0 Å². The fourth-order valence-electron chi connectivity index (χ4n) is 3.12. The van der Waals surface area contributed by atoms with Gasteiger partial charge in [-0.3, -0.25) is 0 Å². The van der Waals surface area contributed by atoms with Gasteiger partial charge in [0.15, 0.2) is 0 Å². The van der Waals surface area contributed by atoms with Gasteiger partial charge in [-0.1, -0.05) is 6.92 Å². The van der Waals surface area contributed by atoms with E-state index in [-0.39, 0.29) is 6.09 Å². The molecule has 2 fully saturated rings. The maximum absolute atomic E-state index is 11.6. The Labute approximate surface area is 104 Å². The number of hydrogen-bond acceptors (Lipinski definition) is 3. The molecule has 0 aromatic carbocycles. The standard InChI is InChI=1S/C13H24N2O2/c1-3-6-14-11-8-13(9-11)5-7-15(10-13)12(16)17-4-2/h11,14H,3-10H2,1-2H3. The van der Waals surface area contributed by atoms with Crippen molar-refractivity contribution in [3.63, 3.8) is 0 Å². The van der Waals surface area contributed by atoms with Crippen molar-refractivity contribution in [3.05, 3.63) is 0 Å². The fourth-order valence-corrected chi connectivity index (χ4v) is 3.12. The highest BCUT2D eigenvalue weighted by atomic mass is 16.6. The first kappa shape index (κ1) is 12.7. The van der Waals surface area contributed by atoms with Gasteiger partial charge >= 0.3 is 6.09 Å². The molecule has 1 aliphatic heterocycles. The van der Waals surface area contributed by atoms with Gasteiger partial charge < -0.3 is 15.0 Å². The summed E-state index contributed by atoms with van der Waals surface area (Å²) in [5.74, 6) is 0. The molecular formula is C13H24N2O2. The zero-order valence-electron chi connectivity index (χ0n) is 11.0. The first-order valence-corrected chi connectivity index (χ1v) is 6.84. The van der Waals surface area contributed by atoms with Crippen molar-refractivity contribution in [1.29, 1.82) is 0 Å². The van der Waals surface area contributed by atoms with Crippen LogP contribution in [0, 0.1) is 5.41 Å². The fraction of sp³-hybridized carbons (Fsp3) is 0.923. The van der Waals surface area contributed by atoms with E-state index >= 15 is 0 Å². The molecule has 0 radical (unpaired) electrons. The van der Waals surface area contributed by atoms with Gasteiger partial charge in [-0.05, 0) is 44.6 Å². The molecule has 2 aliphatic rings. The normalized spacial score (nSPS) is 31.6. The Hall–Kier alpha value is -0.770. The Balaban J connectivity index is 1.74. The van der Waals surface area contributed by atoms with Crippen molar-refractivity contribution >= 4 is 6.09 Å². The van der Waals surface area contributed by atoms with Crippen LogP contribution in [0.4, 0.5) is 4.79 Å². The second-order valence-corrected chi connectivity index (χ2v) is 5.43. The minimum Gasteiger partial charge on any atom is -0.450 e. The van der Waals surface area contributed by atoms with Crippen LogP contribution in [0.3, 0.4) is 0 Å². The van der Waals surface area contributed by atoms with E-state index in [0.29, 0.717) is 18.1 Å². The van der Waals surface area contributed by atoms with Gasteiger partial charge in [-0.15, -0.1) is 0 Å². The van der Waals surface area contributed by atoms with Crippen LogP contribution in [0.1, 0.15) is 39.5 Å². The molecule has 98 valence electrons. The molecule has 2 rings (SSSR count). The summed E-state index contributed by atoms with van der Waals surface area (Å²) in [6, 6.07) is 0.678. The monoisotopic (exact) mass is 240 g/mol. The SMILES string of the molecule is CCCNC1CC2(CCN(C(=O)OCC)C2)C1. The zero-order valence-corrected chi connectivity index (χ0v) is 11.0. The van der Waals surface area contributed by atoms with Crippen LogP contribution < -0.4 is 5.32 Å². The summed E-state index contributed by atoms with van der Waals surface area (Å²) in [7, 11) is 0. The van der Waals surface area contributed by atoms with E-state index < -0.39 is 0 Å². The van der Waals surface area contributed by atoms with Crippen LogP contribution in [-0.4, -0.2) is 43.3 Å². The van der Waals surface area contributed by atoms with Crippen LogP contribution in [0.25, 0.3) is 0 Å². The smallest absolute Gasteiger partial charge is 0.409 e. The van der Waals surface area contributed by atoms with E-state index in [0.717, 1.165) is 26.1 Å². The van der Waals surface area contributed by atoms with Crippen molar-refractivity contribution in [2.24, 2.45) is 5.41 Å². The van der Waals surface area contributed by atoms with E-state index in [1.54, 1.807) is 0 Å². The molecular weight excluding hydrogens is 216 g/mol. The number of ether oxygens (including phenoxy) is 1. The minimum atomic E-state index is -0.130. The molecule has 1 saturated carbocycles. The molecule has 4 heteroatoms. The quantitative estimate of drug-likeness (QED) is 0.817. The molecule has 4 nitrogen and oxygen atoms in total. The molecule has 0 bridgehead atoms. The number of nitrogens with zero attached hydrogens (tertiary/aromatic N) is 1. The summed E-state index contributed by atoms with van der Waals surface area (Å²) in [5, 5.41) is 3.55. The lowest BCUT2D eigenvalue weighted by Crippen LogP contribution is -2.50.